The molecule has 38 heavy (non-hydrogen) atoms. The fourth-order valence-corrected chi connectivity index (χ4v) is 5.39. The van der Waals surface area contributed by atoms with Crippen molar-refractivity contribution in [3.63, 3.8) is 0 Å². The number of carbonyl (C=O) groups is 1. The number of nitrogens with two attached hydrogens (primary N) is 1. The molecule has 2 aliphatic rings. The number of benzene rings is 1. The quantitative estimate of drug-likeness (QED) is 0.384. The molecule has 1 aliphatic heterocycles. The Morgan fingerprint density at radius 2 is 1.89 bits per heavy atom. The molecule has 1 aromatic carbocycles. The molecule has 11 heteroatoms. The summed E-state index contributed by atoms with van der Waals surface area (Å²) < 4.78 is 42.6. The van der Waals surface area contributed by atoms with E-state index in [-0.39, 0.29) is 40.4 Å². The van der Waals surface area contributed by atoms with E-state index in [4.69, 9.17) is 5.73 Å². The monoisotopic (exact) mass is 534 g/mol. The van der Waals surface area contributed by atoms with Gasteiger partial charge in [-0.1, -0.05) is 20.8 Å². The Bertz CT molecular complexity index is 1160. The lowest BCUT2D eigenvalue weighted by atomic mass is 9.84. The molecule has 1 amide bonds. The Morgan fingerprint density at radius 3 is 2.50 bits per heavy atom. The minimum atomic E-state index is -4.57. The lowest BCUT2D eigenvalue weighted by molar-refractivity contribution is -0.137. The number of primary amides is 1. The Morgan fingerprint density at radius 1 is 1.18 bits per heavy atom. The van der Waals surface area contributed by atoms with Gasteiger partial charge >= 0.3 is 6.18 Å². The van der Waals surface area contributed by atoms with Gasteiger partial charge in [-0.05, 0) is 68.6 Å². The molecule has 0 radical (unpaired) electrons. The summed E-state index contributed by atoms with van der Waals surface area (Å²) >= 11 is 0. The average Bonchev–Trinajstić information content (AvgIpc) is 2.84. The van der Waals surface area contributed by atoms with Gasteiger partial charge in [-0.2, -0.15) is 13.2 Å². The highest BCUT2D eigenvalue weighted by Crippen LogP contribution is 2.41. The van der Waals surface area contributed by atoms with Gasteiger partial charge in [0, 0.05) is 30.5 Å². The molecule has 208 valence electrons. The van der Waals surface area contributed by atoms with Gasteiger partial charge in [0.05, 0.1) is 17.4 Å². The Labute approximate surface area is 221 Å². The van der Waals surface area contributed by atoms with E-state index in [0.29, 0.717) is 43.9 Å². The van der Waals surface area contributed by atoms with Gasteiger partial charge in [0.2, 0.25) is 0 Å². The number of amides is 1. The maximum atomic E-state index is 14.2. The second kappa shape index (κ2) is 11.0. The van der Waals surface area contributed by atoms with Gasteiger partial charge in [-0.25, -0.2) is 9.97 Å². The minimum absolute atomic E-state index is 0.00646. The zero-order chi connectivity index (χ0) is 27.7. The first kappa shape index (κ1) is 27.9. The summed E-state index contributed by atoms with van der Waals surface area (Å²) in [5, 5.41) is 16.0. The lowest BCUT2D eigenvalue weighted by Gasteiger charge is -2.40. The highest BCUT2D eigenvalue weighted by atomic mass is 19.4. The van der Waals surface area contributed by atoms with Crippen molar-refractivity contribution in [1.82, 2.24) is 9.97 Å². The molecule has 8 nitrogen and oxygen atoms in total. The number of rotatable bonds is 7. The van der Waals surface area contributed by atoms with Crippen molar-refractivity contribution in [2.45, 2.75) is 84.0 Å². The van der Waals surface area contributed by atoms with Crippen LogP contribution >= 0.6 is 0 Å². The third kappa shape index (κ3) is 6.48. The Hall–Kier alpha value is -3.08. The summed E-state index contributed by atoms with van der Waals surface area (Å²) in [6.45, 7) is 7.09. The first-order valence-electron chi connectivity index (χ1n) is 13.2. The second-order valence-corrected chi connectivity index (χ2v) is 11.1. The number of alkyl halides is 3. The maximum Gasteiger partial charge on any atom is 0.418 e. The summed E-state index contributed by atoms with van der Waals surface area (Å²) in [7, 11) is 0. The topological polar surface area (TPSA) is 116 Å². The second-order valence-electron chi connectivity index (χ2n) is 11.1. The van der Waals surface area contributed by atoms with E-state index in [1.807, 2.05) is 6.92 Å². The molecule has 2 fully saturated rings. The largest absolute Gasteiger partial charge is 0.418 e. The molecule has 2 heterocycles. The Balaban J connectivity index is 1.67. The predicted molar refractivity (Wildman–Crippen MR) is 142 cm³/mol. The molecule has 5 N–H and O–H groups in total. The van der Waals surface area contributed by atoms with E-state index in [2.05, 4.69) is 34.4 Å². The minimum Gasteiger partial charge on any atom is -0.393 e. The third-order valence-corrected chi connectivity index (χ3v) is 7.38. The van der Waals surface area contributed by atoms with Crippen LogP contribution in [0.25, 0.3) is 0 Å². The number of nitrogens with zero attached hydrogens (tertiary/aromatic N) is 3. The standard InChI is InChI=1S/C27H37F3N6O2/c1-4-20-24(32-16-6-9-18(37)10-7-16)35-25(22(34-20)23(31)38)33-17-8-11-21(19(14-17)27(28,29)30)36-13-5-12-26(2,3)15-36/h8,11,14,16,18,37H,4-7,9-10,12-13,15H2,1-3H3,(H2,31,38)(H2,32,33,35). The molecular formula is C27H37F3N6O2. The van der Waals surface area contributed by atoms with Gasteiger partial charge in [0.25, 0.3) is 5.91 Å². The van der Waals surface area contributed by atoms with Crippen LogP contribution in [0.1, 0.15) is 81.0 Å². The number of aliphatic hydroxyl groups is 1. The summed E-state index contributed by atoms with van der Waals surface area (Å²) in [5.74, 6) is -0.386. The molecule has 4 rings (SSSR count). The van der Waals surface area contributed by atoms with Gasteiger partial charge in [-0.15, -0.1) is 0 Å². The molecule has 0 bridgehead atoms. The van der Waals surface area contributed by atoms with Gasteiger partial charge < -0.3 is 26.4 Å². The molecule has 1 saturated carbocycles. The molecule has 2 aromatic rings. The van der Waals surface area contributed by atoms with Gasteiger partial charge in [-0.3, -0.25) is 4.79 Å². The van der Waals surface area contributed by atoms with E-state index in [1.54, 1.807) is 11.0 Å². The third-order valence-electron chi connectivity index (χ3n) is 7.38. The maximum absolute atomic E-state index is 14.2. The highest BCUT2D eigenvalue weighted by molar-refractivity contribution is 5.96. The van der Waals surface area contributed by atoms with Crippen LogP contribution < -0.4 is 21.3 Å². The molecule has 1 aromatic heterocycles. The zero-order valence-electron chi connectivity index (χ0n) is 22.2. The van der Waals surface area contributed by atoms with E-state index < -0.39 is 17.6 Å². The van der Waals surface area contributed by atoms with Crippen LogP contribution in [0.4, 0.5) is 36.2 Å². The van der Waals surface area contributed by atoms with Crippen LogP contribution in [-0.4, -0.2) is 46.2 Å². The van der Waals surface area contributed by atoms with E-state index in [1.165, 1.54) is 6.07 Å². The molecule has 0 spiro atoms. The fourth-order valence-electron chi connectivity index (χ4n) is 5.39. The normalized spacial score (nSPS) is 21.7. The van der Waals surface area contributed by atoms with Gasteiger partial charge in [0.15, 0.2) is 11.5 Å². The van der Waals surface area contributed by atoms with Crippen LogP contribution in [0.2, 0.25) is 0 Å². The van der Waals surface area contributed by atoms with Crippen molar-refractivity contribution < 1.29 is 23.1 Å². The fraction of sp³-hybridized carbons (Fsp3) is 0.593. The van der Waals surface area contributed by atoms with Gasteiger partial charge in [0.1, 0.15) is 5.82 Å². The Kier molecular flexibility index (Phi) is 8.06. The molecule has 0 unspecified atom stereocenters. The number of hydrogen-bond donors (Lipinski definition) is 4. The van der Waals surface area contributed by atoms with Crippen LogP contribution in [-0.2, 0) is 12.6 Å². The van der Waals surface area contributed by atoms with Crippen LogP contribution in [0.15, 0.2) is 18.2 Å². The van der Waals surface area contributed by atoms with Crippen molar-refractivity contribution in [2.24, 2.45) is 11.1 Å². The molecule has 0 atom stereocenters. The number of piperidine rings is 1. The van der Waals surface area contributed by atoms with E-state index >= 15 is 0 Å². The van der Waals surface area contributed by atoms with E-state index in [0.717, 1.165) is 31.7 Å². The zero-order valence-corrected chi connectivity index (χ0v) is 22.2. The number of halogens is 3. The predicted octanol–water partition coefficient (Wildman–Crippen LogP) is 5.24. The number of aromatic nitrogens is 2. The molecule has 1 aliphatic carbocycles. The van der Waals surface area contributed by atoms with Crippen molar-refractivity contribution in [3.05, 3.63) is 35.2 Å². The number of aliphatic hydroxyl groups excluding tert-OH is 1. The molecule has 1 saturated heterocycles. The SMILES string of the molecule is CCc1nc(C(N)=O)c(Nc2ccc(N3CCCC(C)(C)C3)c(C(F)(F)F)c2)nc1NC1CCC(O)CC1. The summed E-state index contributed by atoms with van der Waals surface area (Å²) in [6.07, 6.45) is 0.191. The van der Waals surface area contributed by atoms with Crippen molar-refractivity contribution in [3.8, 4) is 0 Å². The van der Waals surface area contributed by atoms with Crippen molar-refractivity contribution in [1.29, 1.82) is 0 Å². The van der Waals surface area contributed by atoms with Crippen LogP contribution in [0.3, 0.4) is 0 Å². The average molecular weight is 535 g/mol. The first-order valence-corrected chi connectivity index (χ1v) is 13.2. The number of aryl methyl sites for hydroxylation is 1. The first-order chi connectivity index (χ1) is 17.9. The van der Waals surface area contributed by atoms with E-state index in [9.17, 15) is 23.1 Å². The van der Waals surface area contributed by atoms with Crippen molar-refractivity contribution in [2.75, 3.05) is 28.6 Å². The van der Waals surface area contributed by atoms with Crippen LogP contribution in [0, 0.1) is 5.41 Å². The number of nitrogens with one attached hydrogen (secondary N) is 2. The summed E-state index contributed by atoms with van der Waals surface area (Å²) in [4.78, 5) is 23.0. The number of carbonyl (C=O) groups excluding carboxylic acids is 1. The number of hydrogen-bond acceptors (Lipinski definition) is 7. The van der Waals surface area contributed by atoms with Crippen LogP contribution in [0.5, 0.6) is 0 Å². The summed E-state index contributed by atoms with van der Waals surface area (Å²) in [5.41, 5.74) is 5.41. The number of anilines is 4. The highest BCUT2D eigenvalue weighted by Gasteiger charge is 2.37. The molecular weight excluding hydrogens is 497 g/mol. The van der Waals surface area contributed by atoms with Crippen molar-refractivity contribution >= 4 is 28.9 Å². The lowest BCUT2D eigenvalue weighted by Crippen LogP contribution is -2.41. The smallest absolute Gasteiger partial charge is 0.393 e. The summed E-state index contributed by atoms with van der Waals surface area (Å²) in [6, 6.07) is 4.14.